The van der Waals surface area contributed by atoms with Crippen molar-refractivity contribution in [2.75, 3.05) is 18.0 Å². The highest BCUT2D eigenvalue weighted by Gasteiger charge is 2.45. The van der Waals surface area contributed by atoms with Crippen LogP contribution in [0.3, 0.4) is 0 Å². The number of amides is 2. The Morgan fingerprint density at radius 1 is 0.903 bits per heavy atom. The number of ketones is 1. The van der Waals surface area contributed by atoms with Crippen molar-refractivity contribution >= 4 is 29.4 Å². The summed E-state index contributed by atoms with van der Waals surface area (Å²) in [5, 5.41) is 3.31. The van der Waals surface area contributed by atoms with Crippen LogP contribution in [-0.2, 0) is 14.4 Å². The Hall–Kier alpha value is -3.67. The molecule has 2 aliphatic heterocycles. The number of hydrogen-bond acceptors (Lipinski definition) is 5. The van der Waals surface area contributed by atoms with Crippen molar-refractivity contribution in [3.63, 3.8) is 0 Å². The van der Waals surface area contributed by atoms with Gasteiger partial charge in [0.25, 0.3) is 5.91 Å². The smallest absolute Gasteiger partial charge is 0.257 e. The van der Waals surface area contributed by atoms with Crippen molar-refractivity contribution in [2.45, 2.75) is 25.3 Å². The number of benzene rings is 2. The van der Waals surface area contributed by atoms with E-state index in [1.807, 2.05) is 59.5 Å². The van der Waals surface area contributed by atoms with E-state index in [0.717, 1.165) is 11.1 Å². The fourth-order valence-electron chi connectivity index (χ4n) is 4.60. The summed E-state index contributed by atoms with van der Waals surface area (Å²) in [6.07, 6.45) is 3.37. The van der Waals surface area contributed by atoms with Crippen molar-refractivity contribution < 1.29 is 14.4 Å². The van der Waals surface area contributed by atoms with Crippen molar-refractivity contribution in [1.29, 1.82) is 0 Å². The third-order valence-corrected chi connectivity index (χ3v) is 6.08. The zero-order chi connectivity index (χ0) is 21.4. The third kappa shape index (κ3) is 3.44. The molecule has 3 fully saturated rings. The molecule has 2 saturated heterocycles. The molecule has 2 heterocycles. The standard InChI is InChI=1S/C25H23N3O3/c29-22-16-21(25(31)28(22)19-9-5-2-6-10-19)27-14-13-26-24(27)20-12-11-18(23(20)30)15-17-7-3-1-4-8-17/h1-10,15,21,26H,11-14,16H2/b18-15+,24-20+/t21-/m0/s1. The van der Waals surface area contributed by atoms with Gasteiger partial charge in [-0.2, -0.15) is 0 Å². The molecular weight excluding hydrogens is 390 g/mol. The zero-order valence-corrected chi connectivity index (χ0v) is 17.1. The van der Waals surface area contributed by atoms with Gasteiger partial charge >= 0.3 is 0 Å². The molecule has 31 heavy (non-hydrogen) atoms. The summed E-state index contributed by atoms with van der Waals surface area (Å²) in [6, 6.07) is 18.2. The van der Waals surface area contributed by atoms with E-state index >= 15 is 0 Å². The Bertz CT molecular complexity index is 1110. The first-order valence-corrected chi connectivity index (χ1v) is 10.6. The van der Waals surface area contributed by atoms with Gasteiger partial charge in [0.15, 0.2) is 5.78 Å². The van der Waals surface area contributed by atoms with Gasteiger partial charge in [0, 0.05) is 24.2 Å². The van der Waals surface area contributed by atoms with Crippen LogP contribution in [0.5, 0.6) is 0 Å². The second-order valence-corrected chi connectivity index (χ2v) is 7.98. The minimum Gasteiger partial charge on any atom is -0.370 e. The largest absolute Gasteiger partial charge is 0.370 e. The lowest BCUT2D eigenvalue weighted by molar-refractivity contribution is -0.122. The molecule has 0 bridgehead atoms. The number of rotatable bonds is 3. The van der Waals surface area contributed by atoms with Crippen LogP contribution in [0.25, 0.3) is 6.08 Å². The molecule has 1 N–H and O–H groups in total. The molecule has 0 unspecified atom stereocenters. The molecule has 0 radical (unpaired) electrons. The van der Waals surface area contributed by atoms with Crippen LogP contribution in [0.1, 0.15) is 24.8 Å². The lowest BCUT2D eigenvalue weighted by atomic mass is 10.1. The van der Waals surface area contributed by atoms with Gasteiger partial charge < -0.3 is 10.2 Å². The van der Waals surface area contributed by atoms with E-state index in [2.05, 4.69) is 5.32 Å². The van der Waals surface area contributed by atoms with E-state index in [4.69, 9.17) is 0 Å². The quantitative estimate of drug-likeness (QED) is 0.619. The SMILES string of the molecule is O=C1/C(=C/c2ccccc2)CC/C1=C1/NCCN1[C@H]1CC(=O)N(c2ccccc2)C1=O. The fourth-order valence-corrected chi connectivity index (χ4v) is 4.60. The van der Waals surface area contributed by atoms with Crippen LogP contribution < -0.4 is 10.2 Å². The van der Waals surface area contributed by atoms with E-state index in [1.165, 1.54) is 4.90 Å². The molecule has 6 nitrogen and oxygen atoms in total. The van der Waals surface area contributed by atoms with Gasteiger partial charge in [-0.1, -0.05) is 48.5 Å². The molecule has 156 valence electrons. The second-order valence-electron chi connectivity index (χ2n) is 7.98. The van der Waals surface area contributed by atoms with Crippen LogP contribution in [0, 0.1) is 0 Å². The number of hydrogen-bond donors (Lipinski definition) is 1. The first-order valence-electron chi connectivity index (χ1n) is 10.6. The monoisotopic (exact) mass is 413 g/mol. The molecule has 0 aromatic heterocycles. The Morgan fingerprint density at radius 2 is 1.61 bits per heavy atom. The van der Waals surface area contributed by atoms with Crippen LogP contribution in [0.4, 0.5) is 5.69 Å². The topological polar surface area (TPSA) is 69.7 Å². The summed E-state index contributed by atoms with van der Waals surface area (Å²) in [5.74, 6) is 0.292. The lowest BCUT2D eigenvalue weighted by Crippen LogP contribution is -2.41. The molecule has 5 rings (SSSR count). The predicted molar refractivity (Wildman–Crippen MR) is 118 cm³/mol. The molecule has 1 atom stereocenters. The number of nitrogens with one attached hydrogen (secondary N) is 1. The first-order chi connectivity index (χ1) is 15.1. The van der Waals surface area contributed by atoms with Crippen LogP contribution in [0.2, 0.25) is 0 Å². The summed E-state index contributed by atoms with van der Waals surface area (Å²) >= 11 is 0. The van der Waals surface area contributed by atoms with Crippen molar-refractivity contribution in [2.24, 2.45) is 0 Å². The minimum atomic E-state index is -0.583. The zero-order valence-electron chi connectivity index (χ0n) is 17.1. The predicted octanol–water partition coefficient (Wildman–Crippen LogP) is 2.88. The molecule has 2 amide bonds. The number of carbonyl (C=O) groups excluding carboxylic acids is 3. The maximum atomic E-state index is 13.2. The molecule has 6 heteroatoms. The second kappa shape index (κ2) is 7.87. The van der Waals surface area contributed by atoms with E-state index in [9.17, 15) is 14.4 Å². The summed E-state index contributed by atoms with van der Waals surface area (Å²) in [5.41, 5.74) is 3.08. The number of Topliss-reactive ketones (excluding diaryl/α,β-unsaturated/α-hetero) is 1. The molecule has 1 saturated carbocycles. The van der Waals surface area contributed by atoms with Crippen molar-refractivity contribution in [3.05, 3.63) is 83.2 Å². The van der Waals surface area contributed by atoms with Crippen molar-refractivity contribution in [3.8, 4) is 0 Å². The molecule has 2 aromatic rings. The van der Waals surface area contributed by atoms with Gasteiger partial charge in [0.05, 0.1) is 12.1 Å². The van der Waals surface area contributed by atoms with Crippen molar-refractivity contribution in [1.82, 2.24) is 10.2 Å². The van der Waals surface area contributed by atoms with Gasteiger partial charge in [-0.15, -0.1) is 0 Å². The fraction of sp³-hybridized carbons (Fsp3) is 0.240. The Labute approximate surface area is 180 Å². The average Bonchev–Trinajstić information content (AvgIpc) is 3.47. The Kier molecular flexibility index (Phi) is 4.90. The number of para-hydroxylation sites is 1. The highest BCUT2D eigenvalue weighted by Crippen LogP contribution is 2.34. The number of nitrogens with zero attached hydrogens (tertiary/aromatic N) is 2. The highest BCUT2D eigenvalue weighted by molar-refractivity contribution is 6.22. The normalized spacial score (nSPS) is 25.1. The maximum absolute atomic E-state index is 13.2. The maximum Gasteiger partial charge on any atom is 0.257 e. The average molecular weight is 413 g/mol. The summed E-state index contributed by atoms with van der Waals surface area (Å²) in [6.45, 7) is 1.24. The summed E-state index contributed by atoms with van der Waals surface area (Å²) in [4.78, 5) is 42.2. The van der Waals surface area contributed by atoms with Crippen LogP contribution >= 0.6 is 0 Å². The number of allylic oxidation sites excluding steroid dienone is 2. The van der Waals surface area contributed by atoms with Gasteiger partial charge in [0.2, 0.25) is 5.91 Å². The van der Waals surface area contributed by atoms with Gasteiger partial charge in [-0.05, 0) is 36.6 Å². The van der Waals surface area contributed by atoms with Gasteiger partial charge in [0.1, 0.15) is 11.9 Å². The minimum absolute atomic E-state index is 0.0231. The summed E-state index contributed by atoms with van der Waals surface area (Å²) in [7, 11) is 0. The summed E-state index contributed by atoms with van der Waals surface area (Å²) < 4.78 is 0. The van der Waals surface area contributed by atoms with Gasteiger partial charge in [-0.3, -0.25) is 14.4 Å². The Morgan fingerprint density at radius 3 is 2.35 bits per heavy atom. The highest BCUT2D eigenvalue weighted by atomic mass is 16.2. The number of carbonyl (C=O) groups is 3. The van der Waals surface area contributed by atoms with E-state index in [1.54, 1.807) is 12.1 Å². The Balaban J connectivity index is 1.42. The molecule has 3 aliphatic rings. The molecular formula is C25H23N3O3. The van der Waals surface area contributed by atoms with E-state index in [0.29, 0.717) is 43.0 Å². The van der Waals surface area contributed by atoms with E-state index < -0.39 is 6.04 Å². The number of imide groups is 1. The van der Waals surface area contributed by atoms with Crippen LogP contribution in [-0.4, -0.2) is 41.6 Å². The number of anilines is 1. The molecule has 1 aliphatic carbocycles. The van der Waals surface area contributed by atoms with Gasteiger partial charge in [-0.25, -0.2) is 4.90 Å². The molecule has 0 spiro atoms. The van der Waals surface area contributed by atoms with Crippen LogP contribution in [0.15, 0.2) is 77.6 Å². The molecule has 2 aromatic carbocycles. The lowest BCUT2D eigenvalue weighted by Gasteiger charge is -2.26. The first kappa shape index (κ1) is 19.3. The third-order valence-electron chi connectivity index (χ3n) is 6.08. The van der Waals surface area contributed by atoms with E-state index in [-0.39, 0.29) is 24.0 Å².